The van der Waals surface area contributed by atoms with Crippen molar-refractivity contribution in [3.8, 4) is 5.75 Å². The highest BCUT2D eigenvalue weighted by atomic mass is 19.1. The Balaban J connectivity index is 1.44. The van der Waals surface area contributed by atoms with E-state index in [1.54, 1.807) is 29.2 Å². The quantitative estimate of drug-likeness (QED) is 0.502. The first-order valence-corrected chi connectivity index (χ1v) is 9.91. The molecule has 0 saturated carbocycles. The molecule has 3 heterocycles. The number of nitrogens with one attached hydrogen (secondary N) is 1. The van der Waals surface area contributed by atoms with E-state index in [4.69, 9.17) is 9.15 Å². The first kappa shape index (κ1) is 19.1. The molecule has 0 fully saturated rings. The highest BCUT2D eigenvalue weighted by molar-refractivity contribution is 6.06. The van der Waals surface area contributed by atoms with Crippen molar-refractivity contribution in [1.82, 2.24) is 9.88 Å². The molecule has 7 heteroatoms. The Hall–Kier alpha value is -3.87. The zero-order chi connectivity index (χ0) is 21.5. The van der Waals surface area contributed by atoms with E-state index < -0.39 is 5.63 Å². The number of amides is 1. The zero-order valence-corrected chi connectivity index (χ0v) is 16.8. The molecule has 1 amide bonds. The molecule has 0 aliphatic carbocycles. The largest absolute Gasteiger partial charge is 0.497 e. The fraction of sp³-hybridized carbons (Fsp3) is 0.167. The maximum absolute atomic E-state index is 13.5. The highest BCUT2D eigenvalue weighted by Gasteiger charge is 2.23. The molecule has 0 bridgehead atoms. The lowest BCUT2D eigenvalue weighted by molar-refractivity contribution is 0.0774. The molecule has 0 radical (unpaired) electrons. The second-order valence-electron chi connectivity index (χ2n) is 7.46. The number of H-pyrrole nitrogens is 1. The second kappa shape index (κ2) is 7.43. The van der Waals surface area contributed by atoms with Crippen LogP contribution in [0.3, 0.4) is 0 Å². The van der Waals surface area contributed by atoms with Crippen LogP contribution < -0.4 is 10.4 Å². The number of hydrogen-bond acceptors (Lipinski definition) is 4. The van der Waals surface area contributed by atoms with E-state index in [2.05, 4.69) is 4.98 Å². The van der Waals surface area contributed by atoms with Crippen LogP contribution in [0.15, 0.2) is 63.9 Å². The van der Waals surface area contributed by atoms with Crippen LogP contribution >= 0.6 is 0 Å². The number of hydrogen-bond donors (Lipinski definition) is 1. The molecule has 0 unspecified atom stereocenters. The number of ether oxygens (including phenoxy) is 1. The summed E-state index contributed by atoms with van der Waals surface area (Å²) in [5, 5.41) is 1.52. The van der Waals surface area contributed by atoms with Gasteiger partial charge in [0.2, 0.25) is 0 Å². The van der Waals surface area contributed by atoms with Crippen LogP contribution in [0.25, 0.3) is 27.4 Å². The number of benzene rings is 2. The average molecular weight is 418 g/mol. The summed E-state index contributed by atoms with van der Waals surface area (Å²) in [5.41, 5.74) is 2.91. The summed E-state index contributed by atoms with van der Waals surface area (Å²) in [6.45, 7) is 0.927. The number of halogens is 1. The molecule has 2 aromatic carbocycles. The Morgan fingerprint density at radius 1 is 1.16 bits per heavy atom. The number of carbonyl (C=O) groups is 1. The molecule has 6 nitrogen and oxygen atoms in total. The third-order valence-electron chi connectivity index (χ3n) is 5.67. The normalized spacial score (nSPS) is 14.1. The van der Waals surface area contributed by atoms with E-state index in [1.165, 1.54) is 25.3 Å². The third-order valence-corrected chi connectivity index (χ3v) is 5.67. The molecule has 5 rings (SSSR count). The summed E-state index contributed by atoms with van der Waals surface area (Å²) < 4.78 is 23.9. The molecule has 156 valence electrons. The zero-order valence-electron chi connectivity index (χ0n) is 16.8. The number of rotatable bonds is 3. The van der Waals surface area contributed by atoms with E-state index in [0.717, 1.165) is 22.0 Å². The van der Waals surface area contributed by atoms with Crippen LogP contribution in [-0.4, -0.2) is 36.0 Å². The van der Waals surface area contributed by atoms with Gasteiger partial charge in [0, 0.05) is 53.3 Å². The van der Waals surface area contributed by atoms with Gasteiger partial charge in [-0.2, -0.15) is 0 Å². The van der Waals surface area contributed by atoms with Crippen LogP contribution in [0.2, 0.25) is 0 Å². The standard InChI is InChI=1S/C24H19FN2O4/c1-30-16-3-5-18-19(12-23(28)31-22(18)11-16)24(29)27-8-6-14(7-9-27)20-13-26-21-10-15(25)2-4-17(20)21/h2-6,10-13,26H,7-9H2,1H3. The molecule has 1 aliphatic heterocycles. The Kier molecular flexibility index (Phi) is 4.58. The summed E-state index contributed by atoms with van der Waals surface area (Å²) >= 11 is 0. The predicted molar refractivity (Wildman–Crippen MR) is 116 cm³/mol. The Bertz CT molecular complexity index is 1420. The second-order valence-corrected chi connectivity index (χ2v) is 7.46. The van der Waals surface area contributed by atoms with Crippen molar-refractivity contribution < 1.29 is 18.3 Å². The topological polar surface area (TPSA) is 75.5 Å². The molecule has 1 aliphatic rings. The van der Waals surface area contributed by atoms with Crippen molar-refractivity contribution in [2.45, 2.75) is 6.42 Å². The number of nitrogens with zero attached hydrogens (tertiary/aromatic N) is 1. The minimum atomic E-state index is -0.580. The number of carbonyl (C=O) groups excluding carboxylic acids is 1. The van der Waals surface area contributed by atoms with Crippen LogP contribution in [0, 0.1) is 5.82 Å². The van der Waals surface area contributed by atoms with Gasteiger partial charge < -0.3 is 19.0 Å². The van der Waals surface area contributed by atoms with Gasteiger partial charge in [-0.1, -0.05) is 6.08 Å². The lowest BCUT2D eigenvalue weighted by Gasteiger charge is -2.27. The number of fused-ring (bicyclic) bond motifs is 2. The van der Waals surface area contributed by atoms with E-state index >= 15 is 0 Å². The summed E-state index contributed by atoms with van der Waals surface area (Å²) in [6, 6.07) is 11.0. The fourth-order valence-electron chi connectivity index (χ4n) is 4.08. The maximum Gasteiger partial charge on any atom is 0.337 e. The van der Waals surface area contributed by atoms with Crippen LogP contribution in [0.4, 0.5) is 4.39 Å². The molecule has 31 heavy (non-hydrogen) atoms. The van der Waals surface area contributed by atoms with Gasteiger partial charge in [-0.3, -0.25) is 4.79 Å². The summed E-state index contributed by atoms with van der Waals surface area (Å²) in [6.07, 6.45) is 4.53. The van der Waals surface area contributed by atoms with Crippen LogP contribution in [0.5, 0.6) is 5.75 Å². The lowest BCUT2D eigenvalue weighted by atomic mass is 9.98. The number of aromatic nitrogens is 1. The highest BCUT2D eigenvalue weighted by Crippen LogP contribution is 2.30. The van der Waals surface area contributed by atoms with Crippen molar-refractivity contribution >= 4 is 33.4 Å². The third kappa shape index (κ3) is 3.38. The molecular weight excluding hydrogens is 399 g/mol. The first-order chi connectivity index (χ1) is 15.0. The maximum atomic E-state index is 13.5. The minimum absolute atomic E-state index is 0.223. The smallest absolute Gasteiger partial charge is 0.337 e. The van der Waals surface area contributed by atoms with Gasteiger partial charge in [0.15, 0.2) is 0 Å². The molecule has 1 N–H and O–H groups in total. The number of methoxy groups -OCH3 is 1. The van der Waals surface area contributed by atoms with Crippen LogP contribution in [-0.2, 0) is 0 Å². The van der Waals surface area contributed by atoms with E-state index in [1.807, 2.05) is 12.3 Å². The van der Waals surface area contributed by atoms with Crippen molar-refractivity contribution in [3.63, 3.8) is 0 Å². The molecule has 0 spiro atoms. The van der Waals surface area contributed by atoms with Crippen LogP contribution in [0.1, 0.15) is 22.3 Å². The SMILES string of the molecule is COc1ccc2c(C(=O)N3CC=C(c4c[nH]c5cc(F)ccc45)CC3)cc(=O)oc2c1. The average Bonchev–Trinajstić information content (AvgIpc) is 3.20. The Morgan fingerprint density at radius 2 is 2.00 bits per heavy atom. The molecular formula is C24H19FN2O4. The molecule has 2 aromatic heterocycles. The van der Waals surface area contributed by atoms with Gasteiger partial charge in [0.1, 0.15) is 17.1 Å². The van der Waals surface area contributed by atoms with Gasteiger partial charge in [0.25, 0.3) is 5.91 Å². The minimum Gasteiger partial charge on any atom is -0.497 e. The molecule has 0 atom stereocenters. The lowest BCUT2D eigenvalue weighted by Crippen LogP contribution is -2.35. The van der Waals surface area contributed by atoms with E-state index in [0.29, 0.717) is 41.8 Å². The summed E-state index contributed by atoms with van der Waals surface area (Å²) in [7, 11) is 1.52. The molecule has 0 saturated heterocycles. The summed E-state index contributed by atoms with van der Waals surface area (Å²) in [5.74, 6) is 0.0382. The van der Waals surface area contributed by atoms with Crippen molar-refractivity contribution in [1.29, 1.82) is 0 Å². The predicted octanol–water partition coefficient (Wildman–Crippen LogP) is 4.35. The van der Waals surface area contributed by atoms with Crippen molar-refractivity contribution in [3.05, 3.63) is 82.1 Å². The Morgan fingerprint density at radius 3 is 2.77 bits per heavy atom. The van der Waals surface area contributed by atoms with E-state index in [9.17, 15) is 14.0 Å². The fourth-order valence-corrected chi connectivity index (χ4v) is 4.08. The monoisotopic (exact) mass is 418 g/mol. The van der Waals surface area contributed by atoms with E-state index in [-0.39, 0.29) is 11.7 Å². The van der Waals surface area contributed by atoms with Gasteiger partial charge in [-0.25, -0.2) is 9.18 Å². The van der Waals surface area contributed by atoms with Gasteiger partial charge in [-0.05, 0) is 42.3 Å². The van der Waals surface area contributed by atoms with Crippen molar-refractivity contribution in [2.75, 3.05) is 20.2 Å². The van der Waals surface area contributed by atoms with Gasteiger partial charge in [0.05, 0.1) is 12.7 Å². The van der Waals surface area contributed by atoms with Crippen molar-refractivity contribution in [2.24, 2.45) is 0 Å². The van der Waals surface area contributed by atoms with Gasteiger partial charge in [-0.15, -0.1) is 0 Å². The Labute approximate surface area is 176 Å². The first-order valence-electron chi connectivity index (χ1n) is 9.91. The van der Waals surface area contributed by atoms with Gasteiger partial charge >= 0.3 is 5.63 Å². The molecule has 4 aromatic rings. The number of aromatic amines is 1. The summed E-state index contributed by atoms with van der Waals surface area (Å²) in [4.78, 5) is 30.0.